The Morgan fingerprint density at radius 1 is 1.29 bits per heavy atom. The summed E-state index contributed by atoms with van der Waals surface area (Å²) in [7, 11) is 0. The van der Waals surface area contributed by atoms with Crippen molar-refractivity contribution < 1.29 is 0 Å². The maximum absolute atomic E-state index is 3.73. The zero-order valence-corrected chi connectivity index (χ0v) is 14.6. The summed E-state index contributed by atoms with van der Waals surface area (Å²) in [5.74, 6) is 1.00. The molecule has 1 saturated carbocycles. The number of nitrogens with zero attached hydrogens (tertiary/aromatic N) is 1. The second kappa shape index (κ2) is 7.26. The van der Waals surface area contributed by atoms with Crippen LogP contribution in [0.25, 0.3) is 0 Å². The number of fused-ring (bicyclic) bond motifs is 2. The van der Waals surface area contributed by atoms with Gasteiger partial charge >= 0.3 is 0 Å². The van der Waals surface area contributed by atoms with Crippen molar-refractivity contribution in [3.63, 3.8) is 0 Å². The van der Waals surface area contributed by atoms with Gasteiger partial charge in [0.15, 0.2) is 0 Å². The summed E-state index contributed by atoms with van der Waals surface area (Å²) in [4.78, 5) is 2.74. The highest BCUT2D eigenvalue weighted by molar-refractivity contribution is 9.10. The quantitative estimate of drug-likeness (QED) is 0.785. The molecule has 2 nitrogen and oxygen atoms in total. The molecule has 21 heavy (non-hydrogen) atoms. The molecule has 1 aliphatic heterocycles. The predicted molar refractivity (Wildman–Crippen MR) is 92.5 cm³/mol. The van der Waals surface area contributed by atoms with Crippen molar-refractivity contribution in [1.82, 2.24) is 10.2 Å². The van der Waals surface area contributed by atoms with E-state index in [0.29, 0.717) is 6.04 Å². The molecule has 1 heterocycles. The Hall–Kier alpha value is -0.380. The van der Waals surface area contributed by atoms with Gasteiger partial charge in [0.25, 0.3) is 0 Å². The maximum atomic E-state index is 3.73. The molecule has 1 saturated heterocycles. The third kappa shape index (κ3) is 3.88. The van der Waals surface area contributed by atoms with E-state index >= 15 is 0 Å². The van der Waals surface area contributed by atoms with Crippen LogP contribution < -0.4 is 5.32 Å². The van der Waals surface area contributed by atoms with Crippen LogP contribution in [0.2, 0.25) is 0 Å². The van der Waals surface area contributed by atoms with E-state index in [1.807, 2.05) is 0 Å². The number of likely N-dealkylation sites (tertiary alicyclic amines) is 1. The first-order valence-electron chi connectivity index (χ1n) is 8.49. The molecular formula is C18H27BrN2. The van der Waals surface area contributed by atoms with Crippen LogP contribution >= 0.6 is 15.9 Å². The second-order valence-corrected chi connectivity index (χ2v) is 7.59. The first kappa shape index (κ1) is 15.5. The lowest BCUT2D eigenvalue weighted by atomic mass is 10.0. The molecule has 3 heteroatoms. The zero-order valence-electron chi connectivity index (χ0n) is 13.0. The van der Waals surface area contributed by atoms with Gasteiger partial charge in [-0.3, -0.25) is 0 Å². The number of piperidine rings is 1. The molecule has 1 aliphatic carbocycles. The summed E-state index contributed by atoms with van der Waals surface area (Å²) in [5.41, 5.74) is 1.43. The van der Waals surface area contributed by atoms with E-state index in [-0.39, 0.29) is 0 Å². The summed E-state index contributed by atoms with van der Waals surface area (Å²) in [6, 6.07) is 10.2. The first-order chi connectivity index (χ1) is 10.3. The van der Waals surface area contributed by atoms with Crippen LogP contribution in [0.15, 0.2) is 28.7 Å². The van der Waals surface area contributed by atoms with Crippen molar-refractivity contribution >= 4 is 15.9 Å². The van der Waals surface area contributed by atoms with Crippen LogP contribution in [0.5, 0.6) is 0 Å². The number of halogens is 1. The lowest BCUT2D eigenvalue weighted by Crippen LogP contribution is -2.35. The van der Waals surface area contributed by atoms with Gasteiger partial charge in [-0.15, -0.1) is 0 Å². The summed E-state index contributed by atoms with van der Waals surface area (Å²) < 4.78 is 1.16. The Morgan fingerprint density at radius 2 is 2.10 bits per heavy atom. The Kier molecular flexibility index (Phi) is 5.36. The molecular weight excluding hydrogens is 324 g/mol. The first-order valence-corrected chi connectivity index (χ1v) is 9.28. The maximum Gasteiger partial charge on any atom is 0.0332 e. The highest BCUT2D eigenvalue weighted by atomic mass is 79.9. The van der Waals surface area contributed by atoms with Gasteiger partial charge in [0.1, 0.15) is 0 Å². The van der Waals surface area contributed by atoms with Crippen LogP contribution in [-0.4, -0.2) is 30.6 Å². The van der Waals surface area contributed by atoms with Gasteiger partial charge in [0.05, 0.1) is 0 Å². The Labute approximate surface area is 137 Å². The van der Waals surface area contributed by atoms with Crippen LogP contribution in [0.1, 0.15) is 50.6 Å². The normalized spacial score (nSPS) is 26.4. The predicted octanol–water partition coefficient (Wildman–Crippen LogP) is 4.36. The van der Waals surface area contributed by atoms with Crippen LogP contribution in [0, 0.1) is 5.92 Å². The fraction of sp³-hybridized carbons (Fsp3) is 0.667. The fourth-order valence-corrected chi connectivity index (χ4v) is 4.26. The molecule has 2 aliphatic rings. The highest BCUT2D eigenvalue weighted by Crippen LogP contribution is 2.37. The number of benzene rings is 1. The molecule has 3 rings (SSSR count). The Bertz CT molecular complexity index is 445. The van der Waals surface area contributed by atoms with E-state index in [2.05, 4.69) is 57.3 Å². The van der Waals surface area contributed by atoms with Crippen molar-refractivity contribution in [3.05, 3.63) is 34.3 Å². The van der Waals surface area contributed by atoms with E-state index in [1.54, 1.807) is 0 Å². The van der Waals surface area contributed by atoms with Crippen LogP contribution in [-0.2, 0) is 0 Å². The molecule has 3 atom stereocenters. The van der Waals surface area contributed by atoms with Gasteiger partial charge in [0, 0.05) is 29.6 Å². The van der Waals surface area contributed by atoms with Gasteiger partial charge in [-0.2, -0.15) is 0 Å². The van der Waals surface area contributed by atoms with E-state index < -0.39 is 0 Å². The molecule has 1 aromatic carbocycles. The molecule has 1 N–H and O–H groups in total. The van der Waals surface area contributed by atoms with E-state index in [1.165, 1.54) is 50.8 Å². The standard InChI is InChI=1S/C18H27BrN2/c1-2-10-20-18(15-4-6-16(19)7-5-15)9-11-21-13-14-3-8-17(21)12-14/h4-7,14,17-18,20H,2-3,8-13H2,1H3. The summed E-state index contributed by atoms with van der Waals surface area (Å²) in [5, 5.41) is 3.73. The fourth-order valence-electron chi connectivity index (χ4n) is 4.00. The average molecular weight is 351 g/mol. The Morgan fingerprint density at radius 3 is 2.71 bits per heavy atom. The van der Waals surface area contributed by atoms with Crippen LogP contribution in [0.3, 0.4) is 0 Å². The minimum absolute atomic E-state index is 0.497. The third-order valence-corrected chi connectivity index (χ3v) is 5.67. The van der Waals surface area contributed by atoms with Crippen molar-refractivity contribution in [1.29, 1.82) is 0 Å². The smallest absolute Gasteiger partial charge is 0.0332 e. The van der Waals surface area contributed by atoms with Gasteiger partial charge < -0.3 is 10.2 Å². The summed E-state index contributed by atoms with van der Waals surface area (Å²) in [6.07, 6.45) is 6.80. The molecule has 0 amide bonds. The molecule has 2 fully saturated rings. The van der Waals surface area contributed by atoms with Crippen molar-refractivity contribution in [2.45, 2.75) is 51.1 Å². The molecule has 0 radical (unpaired) electrons. The lowest BCUT2D eigenvalue weighted by Gasteiger charge is -2.29. The molecule has 3 unspecified atom stereocenters. The highest BCUT2D eigenvalue weighted by Gasteiger charge is 2.37. The average Bonchev–Trinajstić information content (AvgIpc) is 3.11. The Balaban J connectivity index is 1.58. The zero-order chi connectivity index (χ0) is 14.7. The largest absolute Gasteiger partial charge is 0.310 e. The number of hydrogen-bond acceptors (Lipinski definition) is 2. The van der Waals surface area contributed by atoms with Crippen molar-refractivity contribution in [3.8, 4) is 0 Å². The SMILES string of the molecule is CCCNC(CCN1CC2CCC1C2)c1ccc(Br)cc1. The van der Waals surface area contributed by atoms with E-state index in [4.69, 9.17) is 0 Å². The second-order valence-electron chi connectivity index (χ2n) is 6.67. The number of rotatable bonds is 7. The topological polar surface area (TPSA) is 15.3 Å². The number of hydrogen-bond donors (Lipinski definition) is 1. The summed E-state index contributed by atoms with van der Waals surface area (Å²) in [6.45, 7) is 5.95. The van der Waals surface area contributed by atoms with E-state index in [9.17, 15) is 0 Å². The lowest BCUT2D eigenvalue weighted by molar-refractivity contribution is 0.202. The van der Waals surface area contributed by atoms with Gasteiger partial charge in [0.2, 0.25) is 0 Å². The third-order valence-electron chi connectivity index (χ3n) is 5.14. The minimum atomic E-state index is 0.497. The minimum Gasteiger partial charge on any atom is -0.310 e. The molecule has 1 aromatic rings. The van der Waals surface area contributed by atoms with E-state index in [0.717, 1.165) is 23.0 Å². The van der Waals surface area contributed by atoms with Gasteiger partial charge in [-0.05, 0) is 62.3 Å². The van der Waals surface area contributed by atoms with Crippen molar-refractivity contribution in [2.75, 3.05) is 19.6 Å². The molecule has 0 spiro atoms. The van der Waals surface area contributed by atoms with Gasteiger partial charge in [-0.25, -0.2) is 0 Å². The van der Waals surface area contributed by atoms with Gasteiger partial charge in [-0.1, -0.05) is 35.0 Å². The summed E-state index contributed by atoms with van der Waals surface area (Å²) >= 11 is 3.53. The molecule has 0 aromatic heterocycles. The monoisotopic (exact) mass is 350 g/mol. The van der Waals surface area contributed by atoms with Crippen LogP contribution in [0.4, 0.5) is 0 Å². The molecule has 116 valence electrons. The number of nitrogens with one attached hydrogen (secondary N) is 1. The van der Waals surface area contributed by atoms with Crippen molar-refractivity contribution in [2.24, 2.45) is 5.92 Å². The molecule has 2 bridgehead atoms.